The predicted molar refractivity (Wildman–Crippen MR) is 121 cm³/mol. The van der Waals surface area contributed by atoms with Gasteiger partial charge in [0, 0.05) is 42.0 Å². The van der Waals surface area contributed by atoms with Gasteiger partial charge in [0.2, 0.25) is 0 Å². The van der Waals surface area contributed by atoms with Gasteiger partial charge < -0.3 is 20.1 Å². The van der Waals surface area contributed by atoms with Crippen LogP contribution in [-0.2, 0) is 16.4 Å². The van der Waals surface area contributed by atoms with Crippen LogP contribution >= 0.6 is 11.6 Å². The Balaban J connectivity index is 1.87. The molecule has 1 aliphatic heterocycles. The maximum Gasteiger partial charge on any atom is 0.573 e. The number of nitrogens with zero attached hydrogens (tertiary/aromatic N) is 1. The monoisotopic (exact) mass is 520 g/mol. The number of hydrogen-bond acceptors (Lipinski definition) is 6. The molecule has 12 heteroatoms. The highest BCUT2D eigenvalue weighted by Crippen LogP contribution is 2.30. The Hall–Kier alpha value is -2.50. The number of aliphatic hydroxyl groups excluding tert-OH is 1. The summed E-state index contributed by atoms with van der Waals surface area (Å²) in [5.41, 5.74) is 0.510. The molecule has 186 valence electrons. The van der Waals surface area contributed by atoms with Gasteiger partial charge in [-0.1, -0.05) is 18.5 Å². The van der Waals surface area contributed by atoms with Crippen LogP contribution in [0.4, 0.5) is 18.9 Å². The van der Waals surface area contributed by atoms with Crippen LogP contribution in [0, 0.1) is 0 Å². The van der Waals surface area contributed by atoms with Gasteiger partial charge in [0.25, 0.3) is 5.91 Å². The van der Waals surface area contributed by atoms with E-state index in [4.69, 9.17) is 11.6 Å². The number of piperidine rings is 1. The van der Waals surface area contributed by atoms with Gasteiger partial charge in [0.05, 0.1) is 16.8 Å². The van der Waals surface area contributed by atoms with Crippen molar-refractivity contribution >= 4 is 33.0 Å². The second-order valence-corrected chi connectivity index (χ2v) is 10.5. The lowest BCUT2D eigenvalue weighted by molar-refractivity contribution is -0.274. The Labute approximate surface area is 200 Å². The molecule has 2 N–H and O–H groups in total. The molecule has 0 saturated carbocycles. The van der Waals surface area contributed by atoms with Gasteiger partial charge in [-0.15, -0.1) is 13.2 Å². The third kappa shape index (κ3) is 6.77. The number of ether oxygens (including phenoxy) is 1. The van der Waals surface area contributed by atoms with E-state index in [1.54, 1.807) is 4.90 Å². The number of sulfone groups is 1. The SMILES string of the molecule is CCS(=O)(=O)c1ccc(Cl)cc1CNC(=O)c1cc(OC(F)(F)F)cc(N2CCC(O)CC2)c1. The van der Waals surface area contributed by atoms with E-state index in [1.165, 1.54) is 37.3 Å². The van der Waals surface area contributed by atoms with Crippen LogP contribution in [0.2, 0.25) is 5.02 Å². The van der Waals surface area contributed by atoms with Crippen LogP contribution in [0.5, 0.6) is 5.75 Å². The van der Waals surface area contributed by atoms with Crippen molar-refractivity contribution in [3.63, 3.8) is 0 Å². The first-order valence-electron chi connectivity index (χ1n) is 10.5. The molecular weight excluding hydrogens is 497 g/mol. The van der Waals surface area contributed by atoms with Crippen LogP contribution in [0.1, 0.15) is 35.7 Å². The second-order valence-electron chi connectivity index (χ2n) is 7.82. The Morgan fingerprint density at radius 2 is 1.88 bits per heavy atom. The topological polar surface area (TPSA) is 95.9 Å². The Kier molecular flexibility index (Phi) is 7.99. The van der Waals surface area contributed by atoms with E-state index in [-0.39, 0.29) is 33.3 Å². The summed E-state index contributed by atoms with van der Waals surface area (Å²) in [6.45, 7) is 2.08. The predicted octanol–water partition coefficient (Wildman–Crippen LogP) is 3.92. The minimum atomic E-state index is -4.95. The first kappa shape index (κ1) is 26.1. The van der Waals surface area contributed by atoms with E-state index < -0.39 is 34.0 Å². The smallest absolute Gasteiger partial charge is 0.406 e. The Morgan fingerprint density at radius 1 is 1.21 bits per heavy atom. The summed E-state index contributed by atoms with van der Waals surface area (Å²) < 4.78 is 67.4. The first-order chi connectivity index (χ1) is 15.9. The van der Waals surface area contributed by atoms with Gasteiger partial charge in [-0.25, -0.2) is 8.42 Å². The lowest BCUT2D eigenvalue weighted by Gasteiger charge is -2.32. The maximum atomic E-state index is 12.9. The summed E-state index contributed by atoms with van der Waals surface area (Å²) in [4.78, 5) is 14.6. The highest BCUT2D eigenvalue weighted by molar-refractivity contribution is 7.91. The number of amides is 1. The molecule has 7 nitrogen and oxygen atoms in total. The molecule has 0 aromatic heterocycles. The van der Waals surface area contributed by atoms with E-state index >= 15 is 0 Å². The molecule has 0 unspecified atom stereocenters. The summed E-state index contributed by atoms with van der Waals surface area (Å²) in [6.07, 6.45) is -4.56. The van der Waals surface area contributed by atoms with E-state index in [1.807, 2.05) is 0 Å². The first-order valence-corrected chi connectivity index (χ1v) is 12.5. The Morgan fingerprint density at radius 3 is 2.50 bits per heavy atom. The van der Waals surface area contributed by atoms with Gasteiger partial charge in [-0.05, 0) is 48.7 Å². The highest BCUT2D eigenvalue weighted by atomic mass is 35.5. The van der Waals surface area contributed by atoms with Crippen LogP contribution in [0.3, 0.4) is 0 Å². The van der Waals surface area contributed by atoms with Gasteiger partial charge in [-0.2, -0.15) is 0 Å². The molecule has 0 radical (unpaired) electrons. The zero-order chi connectivity index (χ0) is 25.1. The van der Waals surface area contributed by atoms with Crippen molar-refractivity contribution in [1.29, 1.82) is 0 Å². The van der Waals surface area contributed by atoms with Crippen molar-refractivity contribution < 1.29 is 36.2 Å². The fourth-order valence-electron chi connectivity index (χ4n) is 3.64. The number of hydrogen-bond donors (Lipinski definition) is 2. The molecule has 0 aliphatic carbocycles. The number of rotatable bonds is 7. The van der Waals surface area contributed by atoms with Crippen molar-refractivity contribution in [3.05, 3.63) is 52.5 Å². The maximum absolute atomic E-state index is 12.9. The molecule has 0 bridgehead atoms. The summed E-state index contributed by atoms with van der Waals surface area (Å²) in [6, 6.07) is 7.77. The van der Waals surface area contributed by atoms with Crippen molar-refractivity contribution in [2.75, 3.05) is 23.7 Å². The summed E-state index contributed by atoms with van der Waals surface area (Å²) in [5.74, 6) is -1.43. The zero-order valence-electron chi connectivity index (χ0n) is 18.2. The molecule has 1 saturated heterocycles. The molecule has 1 amide bonds. The van der Waals surface area contributed by atoms with Gasteiger partial charge in [-0.3, -0.25) is 4.79 Å². The fourth-order valence-corrected chi connectivity index (χ4v) is 4.95. The third-order valence-corrected chi connectivity index (χ3v) is 7.46. The average molecular weight is 521 g/mol. The average Bonchev–Trinajstić information content (AvgIpc) is 2.76. The molecule has 1 aliphatic rings. The lowest BCUT2D eigenvalue weighted by Crippen LogP contribution is -2.36. The zero-order valence-corrected chi connectivity index (χ0v) is 19.8. The van der Waals surface area contributed by atoms with Gasteiger partial charge in [0.1, 0.15) is 5.75 Å². The number of carbonyl (C=O) groups excluding carboxylic acids is 1. The fraction of sp³-hybridized carbons (Fsp3) is 0.409. The minimum absolute atomic E-state index is 0.0152. The van der Waals surface area contributed by atoms with Crippen LogP contribution in [0.15, 0.2) is 41.3 Å². The molecule has 0 spiro atoms. The number of benzene rings is 2. The second kappa shape index (κ2) is 10.4. The van der Waals surface area contributed by atoms with Crippen molar-refractivity contribution in [2.45, 2.75) is 43.7 Å². The van der Waals surface area contributed by atoms with Gasteiger partial charge in [0.15, 0.2) is 9.84 Å². The molecule has 34 heavy (non-hydrogen) atoms. The normalized spacial score (nSPS) is 15.3. The summed E-state index contributed by atoms with van der Waals surface area (Å²) >= 11 is 5.99. The van der Waals surface area contributed by atoms with Crippen LogP contribution in [-0.4, -0.2) is 50.7 Å². The lowest BCUT2D eigenvalue weighted by atomic mass is 10.1. The van der Waals surface area contributed by atoms with Crippen molar-refractivity contribution in [2.24, 2.45) is 0 Å². The molecular formula is C22H24ClF3N2O5S. The molecule has 2 aromatic carbocycles. The van der Waals surface area contributed by atoms with E-state index in [0.29, 0.717) is 31.6 Å². The number of alkyl halides is 3. The summed E-state index contributed by atoms with van der Waals surface area (Å²) in [5, 5.41) is 12.5. The number of aliphatic hydroxyl groups is 1. The van der Waals surface area contributed by atoms with E-state index in [0.717, 1.165) is 6.07 Å². The van der Waals surface area contributed by atoms with Crippen LogP contribution < -0.4 is 15.0 Å². The van der Waals surface area contributed by atoms with Crippen molar-refractivity contribution in [3.8, 4) is 5.75 Å². The molecule has 3 rings (SSSR count). The van der Waals surface area contributed by atoms with Crippen molar-refractivity contribution in [1.82, 2.24) is 5.32 Å². The Bertz CT molecular complexity index is 1150. The molecule has 1 fully saturated rings. The number of halogens is 4. The standard InChI is InChI=1S/C22H24ClF3N2O5S/c1-2-34(31,32)20-4-3-16(23)9-15(20)13-27-21(30)14-10-17(28-7-5-18(29)6-8-28)12-19(11-14)33-22(24,25)26/h3-4,9-12,18,29H,2,5-8,13H2,1H3,(H,27,30). The third-order valence-electron chi connectivity index (χ3n) is 5.39. The van der Waals surface area contributed by atoms with E-state index in [9.17, 15) is 31.5 Å². The molecule has 0 atom stereocenters. The largest absolute Gasteiger partial charge is 0.573 e. The highest BCUT2D eigenvalue weighted by Gasteiger charge is 2.32. The van der Waals surface area contributed by atoms with Gasteiger partial charge >= 0.3 is 6.36 Å². The quantitative estimate of drug-likeness (QED) is 0.574. The molecule has 1 heterocycles. The van der Waals surface area contributed by atoms with Crippen LogP contribution in [0.25, 0.3) is 0 Å². The molecule has 2 aromatic rings. The number of nitrogens with one attached hydrogen (secondary N) is 1. The van der Waals surface area contributed by atoms with E-state index in [2.05, 4.69) is 10.1 Å². The summed E-state index contributed by atoms with van der Waals surface area (Å²) in [7, 11) is -3.59. The number of anilines is 1. The minimum Gasteiger partial charge on any atom is -0.406 e. The number of carbonyl (C=O) groups is 1.